The van der Waals surface area contributed by atoms with Crippen LogP contribution in [0.1, 0.15) is 35.8 Å². The molecule has 6 heteroatoms. The summed E-state index contributed by atoms with van der Waals surface area (Å²) >= 11 is 0. The van der Waals surface area contributed by atoms with E-state index in [0.717, 1.165) is 55.2 Å². The predicted octanol–water partition coefficient (Wildman–Crippen LogP) is 2.74. The average Bonchev–Trinajstić information content (AvgIpc) is 2.67. The van der Waals surface area contributed by atoms with E-state index in [0.29, 0.717) is 18.3 Å². The number of hydrogen-bond donors (Lipinski definition) is 1. The average molecular weight is 367 g/mol. The van der Waals surface area contributed by atoms with Crippen molar-refractivity contribution >= 4 is 6.08 Å². The molecule has 0 bridgehead atoms. The molecule has 2 aliphatic rings. The lowest BCUT2D eigenvalue weighted by molar-refractivity contribution is 0.212. The topological polar surface area (TPSA) is 67.5 Å². The summed E-state index contributed by atoms with van der Waals surface area (Å²) < 4.78 is 11.3. The molecule has 0 aliphatic carbocycles. The number of para-hydroxylation sites is 1. The van der Waals surface area contributed by atoms with E-state index in [1.165, 1.54) is 5.57 Å². The van der Waals surface area contributed by atoms with E-state index in [-0.39, 0.29) is 5.56 Å². The molecular formula is C21H25N3O3. The fraction of sp³-hybridized carbons (Fsp3) is 0.429. The number of rotatable bonds is 4. The second kappa shape index (κ2) is 7.56. The van der Waals surface area contributed by atoms with Crippen molar-refractivity contribution in [1.82, 2.24) is 14.9 Å². The lowest BCUT2D eigenvalue weighted by Gasteiger charge is -2.33. The second-order valence-electron chi connectivity index (χ2n) is 7.30. The molecular weight excluding hydrogens is 342 g/mol. The number of aryl methyl sites for hydroxylation is 1. The van der Waals surface area contributed by atoms with Crippen molar-refractivity contribution in [2.45, 2.75) is 25.7 Å². The van der Waals surface area contributed by atoms with Crippen molar-refractivity contribution in [3.05, 3.63) is 57.3 Å². The quantitative estimate of drug-likeness (QED) is 0.900. The van der Waals surface area contributed by atoms with Crippen LogP contribution in [0.3, 0.4) is 0 Å². The lowest BCUT2D eigenvalue weighted by atomic mass is 9.94. The minimum absolute atomic E-state index is 0.0661. The smallest absolute Gasteiger partial charge is 0.251 e. The molecule has 2 aromatic rings. The minimum Gasteiger partial charge on any atom is -0.493 e. The normalized spacial score (nSPS) is 19.8. The van der Waals surface area contributed by atoms with Gasteiger partial charge in [0, 0.05) is 30.6 Å². The summed E-state index contributed by atoms with van der Waals surface area (Å²) in [6.07, 6.45) is 4.39. The van der Waals surface area contributed by atoms with Gasteiger partial charge in [0.2, 0.25) is 0 Å². The molecule has 1 aromatic carbocycles. The summed E-state index contributed by atoms with van der Waals surface area (Å²) in [6, 6.07) is 7.60. The van der Waals surface area contributed by atoms with Crippen LogP contribution in [-0.2, 0) is 0 Å². The summed E-state index contributed by atoms with van der Waals surface area (Å²) in [6.45, 7) is 5.26. The van der Waals surface area contributed by atoms with Crippen molar-refractivity contribution < 1.29 is 9.47 Å². The SMILES string of the molecule is COc1cccc2c1OCC(CN1CCC[C@H](c3cc(=O)[nH]c(C)n3)C1)=C2. The van der Waals surface area contributed by atoms with Gasteiger partial charge >= 0.3 is 0 Å². The van der Waals surface area contributed by atoms with Gasteiger partial charge in [0.05, 0.1) is 12.8 Å². The Bertz CT molecular complexity index is 919. The van der Waals surface area contributed by atoms with Crippen LogP contribution in [0.15, 0.2) is 34.6 Å². The van der Waals surface area contributed by atoms with Gasteiger partial charge in [-0.25, -0.2) is 4.98 Å². The highest BCUT2D eigenvalue weighted by molar-refractivity contribution is 5.66. The Kier molecular flexibility index (Phi) is 4.99. The van der Waals surface area contributed by atoms with E-state index in [9.17, 15) is 4.79 Å². The van der Waals surface area contributed by atoms with E-state index in [4.69, 9.17) is 9.47 Å². The van der Waals surface area contributed by atoms with Gasteiger partial charge in [-0.15, -0.1) is 0 Å². The number of likely N-dealkylation sites (tertiary alicyclic amines) is 1. The highest BCUT2D eigenvalue weighted by Gasteiger charge is 2.25. The number of H-pyrrole nitrogens is 1. The summed E-state index contributed by atoms with van der Waals surface area (Å²) in [5.74, 6) is 2.58. The molecule has 4 rings (SSSR count). The summed E-state index contributed by atoms with van der Waals surface area (Å²) in [5, 5.41) is 0. The molecule has 1 N–H and O–H groups in total. The maximum Gasteiger partial charge on any atom is 0.251 e. The Morgan fingerprint density at radius 2 is 2.30 bits per heavy atom. The lowest BCUT2D eigenvalue weighted by Crippen LogP contribution is -2.37. The van der Waals surface area contributed by atoms with Crippen LogP contribution in [0.2, 0.25) is 0 Å². The fourth-order valence-corrected chi connectivity index (χ4v) is 4.02. The van der Waals surface area contributed by atoms with E-state index in [1.807, 2.05) is 19.1 Å². The summed E-state index contributed by atoms with van der Waals surface area (Å²) in [4.78, 5) is 21.5. The van der Waals surface area contributed by atoms with E-state index in [2.05, 4.69) is 27.0 Å². The minimum atomic E-state index is -0.0661. The Balaban J connectivity index is 1.48. The highest BCUT2D eigenvalue weighted by Crippen LogP contribution is 2.36. The van der Waals surface area contributed by atoms with Crippen LogP contribution < -0.4 is 15.0 Å². The van der Waals surface area contributed by atoms with E-state index >= 15 is 0 Å². The van der Waals surface area contributed by atoms with Gasteiger partial charge < -0.3 is 14.5 Å². The van der Waals surface area contributed by atoms with Gasteiger partial charge in [0.15, 0.2) is 11.5 Å². The maximum absolute atomic E-state index is 11.8. The first-order valence-electron chi connectivity index (χ1n) is 9.42. The Morgan fingerprint density at radius 3 is 3.11 bits per heavy atom. The summed E-state index contributed by atoms with van der Waals surface area (Å²) in [5.41, 5.74) is 3.16. The zero-order chi connectivity index (χ0) is 18.8. The van der Waals surface area contributed by atoms with Crippen LogP contribution in [0.5, 0.6) is 11.5 Å². The van der Waals surface area contributed by atoms with Crippen molar-refractivity contribution in [2.24, 2.45) is 0 Å². The number of methoxy groups -OCH3 is 1. The number of nitrogens with zero attached hydrogens (tertiary/aromatic N) is 2. The van der Waals surface area contributed by atoms with Gasteiger partial charge in [-0.05, 0) is 44.0 Å². The zero-order valence-electron chi connectivity index (χ0n) is 15.8. The molecule has 0 saturated carbocycles. The number of benzene rings is 1. The van der Waals surface area contributed by atoms with Crippen molar-refractivity contribution in [2.75, 3.05) is 33.4 Å². The van der Waals surface area contributed by atoms with Crippen LogP contribution in [-0.4, -0.2) is 48.2 Å². The molecule has 1 aromatic heterocycles. The Morgan fingerprint density at radius 1 is 1.41 bits per heavy atom. The second-order valence-corrected chi connectivity index (χ2v) is 7.30. The van der Waals surface area contributed by atoms with Gasteiger partial charge in [-0.3, -0.25) is 9.69 Å². The summed E-state index contributed by atoms with van der Waals surface area (Å²) in [7, 11) is 1.66. The Labute approximate surface area is 158 Å². The van der Waals surface area contributed by atoms with Crippen molar-refractivity contribution in [1.29, 1.82) is 0 Å². The first-order valence-corrected chi connectivity index (χ1v) is 9.42. The van der Waals surface area contributed by atoms with E-state index < -0.39 is 0 Å². The standard InChI is InChI=1S/C21H25N3O3/c1-14-22-18(10-20(25)23-14)17-6-4-8-24(12-17)11-15-9-16-5-3-7-19(26-2)21(16)27-13-15/h3,5,7,9-10,17H,4,6,8,11-13H2,1-2H3,(H,22,23,25)/t17-/m0/s1. The van der Waals surface area contributed by atoms with Crippen LogP contribution >= 0.6 is 0 Å². The van der Waals surface area contributed by atoms with Crippen molar-refractivity contribution in [3.63, 3.8) is 0 Å². The van der Waals surface area contributed by atoms with Gasteiger partial charge in [0.1, 0.15) is 12.4 Å². The maximum atomic E-state index is 11.8. The number of aromatic nitrogens is 2. The van der Waals surface area contributed by atoms with Gasteiger partial charge in [-0.2, -0.15) is 0 Å². The molecule has 1 atom stereocenters. The van der Waals surface area contributed by atoms with Crippen LogP contribution in [0, 0.1) is 6.92 Å². The number of ether oxygens (including phenoxy) is 2. The van der Waals surface area contributed by atoms with Crippen molar-refractivity contribution in [3.8, 4) is 11.5 Å². The molecule has 2 aliphatic heterocycles. The predicted molar refractivity (Wildman–Crippen MR) is 104 cm³/mol. The number of nitrogens with one attached hydrogen (secondary N) is 1. The molecule has 6 nitrogen and oxygen atoms in total. The number of fused-ring (bicyclic) bond motifs is 1. The highest BCUT2D eigenvalue weighted by atomic mass is 16.5. The monoisotopic (exact) mass is 367 g/mol. The first kappa shape index (κ1) is 17.8. The van der Waals surface area contributed by atoms with Crippen LogP contribution in [0.4, 0.5) is 0 Å². The molecule has 142 valence electrons. The van der Waals surface area contributed by atoms with Crippen LogP contribution in [0.25, 0.3) is 6.08 Å². The molecule has 1 saturated heterocycles. The third-order valence-corrected chi connectivity index (χ3v) is 5.22. The molecule has 0 radical (unpaired) electrons. The largest absolute Gasteiger partial charge is 0.493 e. The third-order valence-electron chi connectivity index (χ3n) is 5.22. The zero-order valence-corrected chi connectivity index (χ0v) is 15.8. The number of aromatic amines is 1. The Hall–Kier alpha value is -2.60. The molecule has 27 heavy (non-hydrogen) atoms. The van der Waals surface area contributed by atoms with E-state index in [1.54, 1.807) is 13.2 Å². The number of piperidine rings is 1. The molecule has 0 unspecified atom stereocenters. The number of hydrogen-bond acceptors (Lipinski definition) is 5. The molecule has 0 spiro atoms. The van der Waals surface area contributed by atoms with Gasteiger partial charge in [0.25, 0.3) is 5.56 Å². The molecule has 0 amide bonds. The third kappa shape index (κ3) is 3.90. The molecule has 1 fully saturated rings. The van der Waals surface area contributed by atoms with Gasteiger partial charge in [-0.1, -0.05) is 12.1 Å². The first-order chi connectivity index (χ1) is 13.1. The molecule has 3 heterocycles. The fourth-order valence-electron chi connectivity index (χ4n) is 4.02.